The number of hydrogen-bond acceptors (Lipinski definition) is 7. The van der Waals surface area contributed by atoms with Crippen LogP contribution in [-0.4, -0.2) is 40.1 Å². The van der Waals surface area contributed by atoms with E-state index in [1.165, 1.54) is 23.3 Å². The van der Waals surface area contributed by atoms with Crippen molar-refractivity contribution in [3.63, 3.8) is 0 Å². The van der Waals surface area contributed by atoms with Crippen LogP contribution in [0.1, 0.15) is 46.6 Å². The van der Waals surface area contributed by atoms with Gasteiger partial charge in [-0.25, -0.2) is 14.6 Å². The van der Waals surface area contributed by atoms with Gasteiger partial charge in [0, 0.05) is 17.0 Å². The molecule has 1 aromatic carbocycles. The highest BCUT2D eigenvalue weighted by Gasteiger charge is 2.25. The number of ether oxygens (including phenoxy) is 2. The van der Waals surface area contributed by atoms with Crippen LogP contribution in [-0.2, 0) is 9.47 Å². The topological polar surface area (TPSA) is 87.5 Å². The molecule has 0 N–H and O–H groups in total. The van der Waals surface area contributed by atoms with Gasteiger partial charge in [0.05, 0.1) is 18.2 Å². The monoisotopic (exact) mass is 386 g/mol. The van der Waals surface area contributed by atoms with E-state index in [0.717, 1.165) is 11.3 Å². The summed E-state index contributed by atoms with van der Waals surface area (Å²) in [7, 11) is 1.25. The van der Waals surface area contributed by atoms with E-state index in [-0.39, 0.29) is 16.5 Å². The molecule has 0 amide bonds. The number of methoxy groups -OCH3 is 1. The molecule has 3 aromatic rings. The Kier molecular flexibility index (Phi) is 4.84. The zero-order chi connectivity index (χ0) is 19.8. The summed E-state index contributed by atoms with van der Waals surface area (Å²) in [6.07, 6.45) is 0.868. The summed E-state index contributed by atoms with van der Waals surface area (Å²) in [5.41, 5.74) is 0.265. The second-order valence-electron chi connectivity index (χ2n) is 6.77. The van der Waals surface area contributed by atoms with Crippen molar-refractivity contribution < 1.29 is 23.9 Å². The molecule has 0 radical (unpaired) electrons. The fraction of sp³-hybridized carbons (Fsp3) is 0.263. The normalized spacial score (nSPS) is 11.4. The molecule has 0 fully saturated rings. The maximum atomic E-state index is 12.9. The standard InChI is InChI=1S/C19H18N2O5S/c1-19(2,3)26-18(24)21-9-12(11-7-5-6-8-14(11)21)15(22)16-20-13(10-27-16)17(23)25-4/h5-10H,1-4H3. The smallest absolute Gasteiger partial charge is 0.419 e. The van der Waals surface area contributed by atoms with E-state index in [9.17, 15) is 14.4 Å². The van der Waals surface area contributed by atoms with Crippen LogP contribution in [0.25, 0.3) is 10.9 Å². The summed E-state index contributed by atoms with van der Waals surface area (Å²) in [6.45, 7) is 5.31. The first-order valence-electron chi connectivity index (χ1n) is 8.13. The van der Waals surface area contributed by atoms with E-state index in [1.54, 1.807) is 45.0 Å². The molecule has 0 aliphatic carbocycles. The number of ketones is 1. The van der Waals surface area contributed by atoms with Crippen LogP contribution in [0.15, 0.2) is 35.8 Å². The van der Waals surface area contributed by atoms with Crippen molar-refractivity contribution in [2.75, 3.05) is 7.11 Å². The lowest BCUT2D eigenvalue weighted by Gasteiger charge is -2.19. The minimum atomic E-state index is -0.669. The fourth-order valence-corrected chi connectivity index (χ4v) is 3.25. The molecule has 0 spiro atoms. The van der Waals surface area contributed by atoms with Crippen LogP contribution >= 0.6 is 11.3 Å². The number of benzene rings is 1. The molecule has 0 bridgehead atoms. The third-order valence-corrected chi connectivity index (χ3v) is 4.48. The number of thiazole rings is 1. The van der Waals surface area contributed by atoms with Crippen LogP contribution in [0, 0.1) is 0 Å². The Bertz CT molecular complexity index is 1040. The van der Waals surface area contributed by atoms with Crippen molar-refractivity contribution in [1.82, 2.24) is 9.55 Å². The van der Waals surface area contributed by atoms with Crippen molar-refractivity contribution >= 4 is 40.1 Å². The molecule has 0 atom stereocenters. The number of hydrogen-bond donors (Lipinski definition) is 0. The van der Waals surface area contributed by atoms with Crippen molar-refractivity contribution in [1.29, 1.82) is 0 Å². The van der Waals surface area contributed by atoms with Gasteiger partial charge >= 0.3 is 12.1 Å². The molecule has 2 aromatic heterocycles. The lowest BCUT2D eigenvalue weighted by molar-refractivity contribution is 0.0542. The molecule has 3 rings (SSSR count). The molecule has 0 unspecified atom stereocenters. The maximum Gasteiger partial charge on any atom is 0.419 e. The van der Waals surface area contributed by atoms with Gasteiger partial charge in [0.2, 0.25) is 5.78 Å². The fourth-order valence-electron chi connectivity index (χ4n) is 2.51. The molecule has 140 valence electrons. The van der Waals surface area contributed by atoms with E-state index in [2.05, 4.69) is 9.72 Å². The Hall–Kier alpha value is -3.00. The first-order chi connectivity index (χ1) is 12.7. The third kappa shape index (κ3) is 3.75. The minimum Gasteiger partial charge on any atom is -0.464 e. The second kappa shape index (κ2) is 6.96. The van der Waals surface area contributed by atoms with E-state index < -0.39 is 17.7 Å². The van der Waals surface area contributed by atoms with Gasteiger partial charge in [0.25, 0.3) is 0 Å². The van der Waals surface area contributed by atoms with Gasteiger partial charge in [-0.05, 0) is 26.8 Å². The number of para-hydroxylation sites is 1. The molecule has 0 aliphatic rings. The number of carbonyl (C=O) groups excluding carboxylic acids is 3. The van der Waals surface area contributed by atoms with E-state index >= 15 is 0 Å². The number of aromatic nitrogens is 2. The van der Waals surface area contributed by atoms with E-state index in [0.29, 0.717) is 16.5 Å². The Labute approximate surface area is 159 Å². The highest BCUT2D eigenvalue weighted by molar-refractivity contribution is 7.12. The molecule has 0 aliphatic heterocycles. The zero-order valence-corrected chi connectivity index (χ0v) is 16.1. The molecule has 2 heterocycles. The molecule has 0 saturated heterocycles. The van der Waals surface area contributed by atoms with Crippen molar-refractivity contribution in [2.24, 2.45) is 0 Å². The van der Waals surface area contributed by atoms with Crippen LogP contribution in [0.4, 0.5) is 4.79 Å². The van der Waals surface area contributed by atoms with Gasteiger partial charge in [0.1, 0.15) is 5.60 Å². The Morgan fingerprint density at radius 1 is 1.15 bits per heavy atom. The lowest BCUT2D eigenvalue weighted by atomic mass is 10.1. The van der Waals surface area contributed by atoms with Gasteiger partial charge in [-0.15, -0.1) is 11.3 Å². The van der Waals surface area contributed by atoms with Gasteiger partial charge in [-0.1, -0.05) is 18.2 Å². The van der Waals surface area contributed by atoms with Gasteiger partial charge < -0.3 is 9.47 Å². The summed E-state index contributed by atoms with van der Waals surface area (Å²) < 4.78 is 11.3. The largest absolute Gasteiger partial charge is 0.464 e. The Morgan fingerprint density at radius 3 is 2.52 bits per heavy atom. The number of rotatable bonds is 3. The van der Waals surface area contributed by atoms with Crippen LogP contribution < -0.4 is 0 Å². The number of fused-ring (bicyclic) bond motifs is 1. The summed E-state index contributed by atoms with van der Waals surface area (Å²) in [6, 6.07) is 7.03. The quantitative estimate of drug-likeness (QED) is 0.501. The summed E-state index contributed by atoms with van der Waals surface area (Å²) in [5.74, 6) is -0.991. The van der Waals surface area contributed by atoms with E-state index in [4.69, 9.17) is 4.74 Å². The van der Waals surface area contributed by atoms with Crippen LogP contribution in [0.3, 0.4) is 0 Å². The molecule has 0 saturated carbocycles. The van der Waals surface area contributed by atoms with Crippen molar-refractivity contribution in [3.05, 3.63) is 52.1 Å². The molecule has 27 heavy (non-hydrogen) atoms. The average molecular weight is 386 g/mol. The predicted molar refractivity (Wildman–Crippen MR) is 100 cm³/mol. The average Bonchev–Trinajstić information content (AvgIpc) is 3.24. The predicted octanol–water partition coefficient (Wildman–Crippen LogP) is 3.90. The van der Waals surface area contributed by atoms with Crippen molar-refractivity contribution in [2.45, 2.75) is 26.4 Å². The third-order valence-electron chi connectivity index (χ3n) is 3.64. The number of carbonyl (C=O) groups is 3. The van der Waals surface area contributed by atoms with Crippen LogP contribution in [0.5, 0.6) is 0 Å². The first-order valence-corrected chi connectivity index (χ1v) is 9.01. The Balaban J connectivity index is 2.04. The highest BCUT2D eigenvalue weighted by Crippen LogP contribution is 2.26. The van der Waals surface area contributed by atoms with Crippen LogP contribution in [0.2, 0.25) is 0 Å². The maximum absolute atomic E-state index is 12.9. The molecule has 8 heteroatoms. The summed E-state index contributed by atoms with van der Waals surface area (Å²) in [5, 5.41) is 2.21. The molecular weight excluding hydrogens is 368 g/mol. The zero-order valence-electron chi connectivity index (χ0n) is 15.3. The molecular formula is C19H18N2O5S. The Morgan fingerprint density at radius 2 is 1.85 bits per heavy atom. The van der Waals surface area contributed by atoms with Gasteiger partial charge in [0.15, 0.2) is 10.7 Å². The first kappa shape index (κ1) is 18.8. The summed E-state index contributed by atoms with van der Waals surface area (Å²) >= 11 is 1.05. The minimum absolute atomic E-state index is 0.0710. The van der Waals surface area contributed by atoms with Gasteiger partial charge in [-0.3, -0.25) is 9.36 Å². The second-order valence-corrected chi connectivity index (χ2v) is 7.63. The van der Waals surface area contributed by atoms with Crippen molar-refractivity contribution in [3.8, 4) is 0 Å². The lowest BCUT2D eigenvalue weighted by Crippen LogP contribution is -2.26. The van der Waals surface area contributed by atoms with E-state index in [1.807, 2.05) is 0 Å². The number of esters is 1. The SMILES string of the molecule is COC(=O)c1csc(C(=O)c2cn(C(=O)OC(C)(C)C)c3ccccc23)n1. The number of nitrogens with zero attached hydrogens (tertiary/aromatic N) is 2. The summed E-state index contributed by atoms with van der Waals surface area (Å²) in [4.78, 5) is 41.1. The molecule has 7 nitrogen and oxygen atoms in total. The van der Waals surface area contributed by atoms with Gasteiger partial charge in [-0.2, -0.15) is 0 Å². The highest BCUT2D eigenvalue weighted by atomic mass is 32.1.